The number of carbonyl (C=O) groups is 1. The molecule has 1 heterocycles. The summed E-state index contributed by atoms with van der Waals surface area (Å²) in [4.78, 5) is 15.2. The minimum Gasteiger partial charge on any atom is -0.357 e. The highest BCUT2D eigenvalue weighted by Gasteiger charge is 2.50. The molecule has 2 atom stereocenters. The first-order valence-corrected chi connectivity index (χ1v) is 14.1. The highest BCUT2D eigenvalue weighted by molar-refractivity contribution is 7.89. The van der Waals surface area contributed by atoms with E-state index in [4.69, 9.17) is 0 Å². The zero-order chi connectivity index (χ0) is 30.1. The number of likely N-dealkylation sites (tertiary alicyclic amines) is 1. The molecule has 14 heteroatoms. The molecule has 6 nitrogen and oxygen atoms in total. The maximum absolute atomic E-state index is 14.0. The number of rotatable bonds is 8. The number of sulfonamides is 1. The maximum Gasteiger partial charge on any atom is 0.416 e. The molecule has 0 aliphatic carbocycles. The molecular formula is C26H30F7N3O3S. The maximum atomic E-state index is 14.0. The first kappa shape index (κ1) is 31.8. The number of nitrogens with one attached hydrogen (secondary N) is 2. The van der Waals surface area contributed by atoms with Crippen LogP contribution in [0.15, 0.2) is 36.4 Å². The van der Waals surface area contributed by atoms with Gasteiger partial charge in [-0.05, 0) is 80.1 Å². The van der Waals surface area contributed by atoms with E-state index < -0.39 is 56.8 Å². The van der Waals surface area contributed by atoms with E-state index in [0.717, 1.165) is 6.07 Å². The lowest BCUT2D eigenvalue weighted by atomic mass is 9.75. The number of halogens is 7. The van der Waals surface area contributed by atoms with Gasteiger partial charge in [0.25, 0.3) is 0 Å². The van der Waals surface area contributed by atoms with Crippen molar-refractivity contribution in [1.29, 1.82) is 0 Å². The van der Waals surface area contributed by atoms with Gasteiger partial charge < -0.3 is 5.32 Å². The molecule has 222 valence electrons. The Labute approximate surface area is 228 Å². The molecule has 0 saturated carbocycles. The molecule has 1 fully saturated rings. The van der Waals surface area contributed by atoms with E-state index in [-0.39, 0.29) is 49.7 Å². The van der Waals surface area contributed by atoms with E-state index in [1.807, 2.05) is 0 Å². The van der Waals surface area contributed by atoms with E-state index in [0.29, 0.717) is 23.3 Å². The summed E-state index contributed by atoms with van der Waals surface area (Å²) in [6.45, 7) is 2.93. The Morgan fingerprint density at radius 1 is 1.05 bits per heavy atom. The molecule has 1 amide bonds. The number of hydrogen-bond acceptors (Lipinski definition) is 4. The number of hydrogen-bond donors (Lipinski definition) is 2. The average molecular weight is 598 g/mol. The summed E-state index contributed by atoms with van der Waals surface area (Å²) in [5, 5.41) is 2.55. The van der Waals surface area contributed by atoms with Gasteiger partial charge in [-0.3, -0.25) is 9.69 Å². The van der Waals surface area contributed by atoms with Crippen molar-refractivity contribution < 1.29 is 43.9 Å². The molecule has 2 aromatic carbocycles. The Morgan fingerprint density at radius 3 is 2.15 bits per heavy atom. The second-order valence-electron chi connectivity index (χ2n) is 9.76. The van der Waals surface area contributed by atoms with E-state index in [2.05, 4.69) is 10.0 Å². The monoisotopic (exact) mass is 597 g/mol. The molecule has 2 aromatic rings. The van der Waals surface area contributed by atoms with E-state index in [1.54, 1.807) is 11.8 Å². The second-order valence-corrected chi connectivity index (χ2v) is 11.8. The van der Waals surface area contributed by atoms with Crippen LogP contribution in [0.5, 0.6) is 0 Å². The molecule has 0 unspecified atom stereocenters. The molecular weight excluding hydrogens is 567 g/mol. The summed E-state index contributed by atoms with van der Waals surface area (Å²) < 4.78 is 122. The van der Waals surface area contributed by atoms with Crippen molar-refractivity contribution in [2.45, 2.75) is 57.0 Å². The topological polar surface area (TPSA) is 78.5 Å². The fraction of sp³-hybridized carbons (Fsp3) is 0.500. The quantitative estimate of drug-likeness (QED) is 0.431. The van der Waals surface area contributed by atoms with Crippen LogP contribution in [0.4, 0.5) is 30.7 Å². The molecule has 0 spiro atoms. The molecule has 1 aliphatic rings. The number of piperidine rings is 1. The van der Waals surface area contributed by atoms with Gasteiger partial charge >= 0.3 is 12.4 Å². The van der Waals surface area contributed by atoms with Crippen LogP contribution in [-0.4, -0.2) is 51.2 Å². The van der Waals surface area contributed by atoms with Crippen molar-refractivity contribution >= 4 is 15.9 Å². The molecule has 3 rings (SSSR count). The number of nitrogens with zero attached hydrogens (tertiary/aromatic N) is 1. The minimum absolute atomic E-state index is 0.0472. The van der Waals surface area contributed by atoms with E-state index >= 15 is 0 Å². The number of aryl methyl sites for hydroxylation is 1. The lowest BCUT2D eigenvalue weighted by Crippen LogP contribution is -2.63. The van der Waals surface area contributed by atoms with Gasteiger partial charge in [0.05, 0.1) is 16.9 Å². The summed E-state index contributed by atoms with van der Waals surface area (Å²) in [6, 6.07) is 4.33. The Balaban J connectivity index is 2.09. The Bertz CT molecular complexity index is 1310. The van der Waals surface area contributed by atoms with E-state index in [1.165, 1.54) is 26.1 Å². The van der Waals surface area contributed by atoms with Crippen molar-refractivity contribution in [1.82, 2.24) is 14.9 Å². The van der Waals surface area contributed by atoms with Crippen LogP contribution in [0.25, 0.3) is 0 Å². The van der Waals surface area contributed by atoms with Gasteiger partial charge in [-0.2, -0.15) is 26.3 Å². The number of amides is 1. The van der Waals surface area contributed by atoms with Crippen molar-refractivity contribution in [3.63, 3.8) is 0 Å². The largest absolute Gasteiger partial charge is 0.416 e. The number of likely N-dealkylation sites (N-methyl/N-ethyl adjacent to an activating group) is 1. The molecule has 1 aliphatic heterocycles. The molecule has 0 bridgehead atoms. The van der Waals surface area contributed by atoms with Crippen LogP contribution in [0.1, 0.15) is 47.6 Å². The predicted molar refractivity (Wildman–Crippen MR) is 134 cm³/mol. The number of carbonyl (C=O) groups excluding carboxylic acids is 1. The highest BCUT2D eigenvalue weighted by atomic mass is 32.2. The van der Waals surface area contributed by atoms with Gasteiger partial charge in [0, 0.05) is 26.2 Å². The zero-order valence-corrected chi connectivity index (χ0v) is 22.8. The summed E-state index contributed by atoms with van der Waals surface area (Å²) in [5.74, 6) is -1.38. The zero-order valence-electron chi connectivity index (χ0n) is 22.0. The third-order valence-corrected chi connectivity index (χ3v) is 8.56. The molecule has 0 radical (unpaired) electrons. The smallest absolute Gasteiger partial charge is 0.357 e. The summed E-state index contributed by atoms with van der Waals surface area (Å²) in [6.07, 6.45) is -10.2. The van der Waals surface area contributed by atoms with Gasteiger partial charge in [0.1, 0.15) is 11.4 Å². The third-order valence-electron chi connectivity index (χ3n) is 7.11. The summed E-state index contributed by atoms with van der Waals surface area (Å²) in [5.41, 5.74) is -4.02. The van der Waals surface area contributed by atoms with Crippen molar-refractivity contribution in [3.05, 3.63) is 70.0 Å². The Hall–Kier alpha value is -2.71. The fourth-order valence-electron chi connectivity index (χ4n) is 5.20. The van der Waals surface area contributed by atoms with Crippen LogP contribution in [-0.2, 0) is 39.1 Å². The minimum atomic E-state index is -5.01. The Morgan fingerprint density at radius 2 is 1.65 bits per heavy atom. The summed E-state index contributed by atoms with van der Waals surface area (Å²) >= 11 is 0. The van der Waals surface area contributed by atoms with Crippen molar-refractivity contribution in [2.75, 3.05) is 25.9 Å². The van der Waals surface area contributed by atoms with Crippen LogP contribution in [0.2, 0.25) is 0 Å². The highest BCUT2D eigenvalue weighted by Crippen LogP contribution is 2.41. The molecule has 0 aromatic heterocycles. The van der Waals surface area contributed by atoms with E-state index in [9.17, 15) is 43.9 Å². The summed E-state index contributed by atoms with van der Waals surface area (Å²) in [7, 11) is -2.33. The number of alkyl halides is 6. The SMILES string of the molecule is CCS(=O)(=O)N[C@H]1CCN(CCc2cc(C(F)(F)F)cc(C(F)(F)F)c2)[C@@](C(=O)NC)(c2ccc(F)cc2C)C1. The molecule has 2 N–H and O–H groups in total. The first-order chi connectivity index (χ1) is 18.4. The van der Waals surface area contributed by atoms with Crippen LogP contribution in [0, 0.1) is 12.7 Å². The predicted octanol–water partition coefficient (Wildman–Crippen LogP) is 4.76. The van der Waals surface area contributed by atoms with Crippen LogP contribution < -0.4 is 10.0 Å². The van der Waals surface area contributed by atoms with Crippen LogP contribution >= 0.6 is 0 Å². The Kier molecular flexibility index (Phi) is 9.26. The lowest BCUT2D eigenvalue weighted by Gasteiger charge is -2.49. The molecule has 1 saturated heterocycles. The lowest BCUT2D eigenvalue weighted by molar-refractivity contribution is -0.143. The van der Waals surface area contributed by atoms with Gasteiger partial charge in [-0.15, -0.1) is 0 Å². The molecule has 40 heavy (non-hydrogen) atoms. The van der Waals surface area contributed by atoms with Gasteiger partial charge in [-0.1, -0.05) is 6.07 Å². The fourth-order valence-corrected chi connectivity index (χ4v) is 6.07. The normalized spacial score (nSPS) is 20.9. The first-order valence-electron chi connectivity index (χ1n) is 12.4. The van der Waals surface area contributed by atoms with Crippen molar-refractivity contribution in [2.24, 2.45) is 0 Å². The van der Waals surface area contributed by atoms with Gasteiger partial charge in [0.2, 0.25) is 15.9 Å². The van der Waals surface area contributed by atoms with Crippen molar-refractivity contribution in [3.8, 4) is 0 Å². The second kappa shape index (κ2) is 11.6. The number of benzene rings is 2. The standard InChI is InChI=1S/C26H30F7N3O3S/c1-4-40(38,39)35-21-8-10-36(24(15-21,23(37)34-3)22-6-5-20(27)11-16(22)2)9-7-17-12-18(25(28,29)30)14-19(13-17)26(31,32)33/h5-6,11-14,21,35H,4,7-10,15H2,1-3H3,(H,34,37)/t21-,24+/m0/s1. The van der Waals surface area contributed by atoms with Gasteiger partial charge in [0.15, 0.2) is 0 Å². The average Bonchev–Trinajstić information content (AvgIpc) is 2.86. The third kappa shape index (κ3) is 6.95. The van der Waals surface area contributed by atoms with Crippen LogP contribution in [0.3, 0.4) is 0 Å². The van der Waals surface area contributed by atoms with Gasteiger partial charge in [-0.25, -0.2) is 17.5 Å².